The molecule has 0 heterocycles. The smallest absolute Gasteiger partial charge is 0.264 e. The van der Waals surface area contributed by atoms with Gasteiger partial charge in [0.2, 0.25) is 11.8 Å². The third kappa shape index (κ3) is 9.28. The highest BCUT2D eigenvalue weighted by Crippen LogP contribution is 2.26. The monoisotopic (exact) mass is 689 g/mol. The predicted octanol–water partition coefficient (Wildman–Crippen LogP) is 6.67. The molecule has 0 aliphatic heterocycles. The third-order valence-corrected chi connectivity index (χ3v) is 9.69. The Morgan fingerprint density at radius 3 is 2.00 bits per heavy atom. The Hall–Kier alpha value is -3.95. The zero-order valence-corrected chi connectivity index (χ0v) is 28.5. The molecule has 0 unspecified atom stereocenters. The highest BCUT2D eigenvalue weighted by atomic mass is 79.9. The maximum Gasteiger partial charge on any atom is 0.264 e. The normalized spacial score (nSPS) is 12.0. The molecular weight excluding hydrogens is 650 g/mol. The van der Waals surface area contributed by atoms with Gasteiger partial charge in [0, 0.05) is 24.0 Å². The summed E-state index contributed by atoms with van der Waals surface area (Å²) in [5.74, 6) is -0.580. The van der Waals surface area contributed by atoms with Crippen LogP contribution in [0, 0.1) is 19.8 Å². The number of hydrogen-bond donors (Lipinski definition) is 1. The Labute approximate surface area is 275 Å². The Morgan fingerprint density at radius 2 is 1.40 bits per heavy atom. The molecule has 0 saturated heterocycles. The fourth-order valence-electron chi connectivity index (χ4n) is 4.89. The van der Waals surface area contributed by atoms with Crippen LogP contribution in [0.3, 0.4) is 0 Å². The summed E-state index contributed by atoms with van der Waals surface area (Å²) in [5.41, 5.74) is 3.93. The van der Waals surface area contributed by atoms with Crippen LogP contribution in [0.15, 0.2) is 112 Å². The van der Waals surface area contributed by atoms with Gasteiger partial charge in [0.1, 0.15) is 12.6 Å². The molecule has 4 aromatic carbocycles. The minimum absolute atomic E-state index is 0.0792. The number of amides is 2. The summed E-state index contributed by atoms with van der Waals surface area (Å²) in [6.07, 6.45) is 0.264. The lowest BCUT2D eigenvalue weighted by Gasteiger charge is -2.34. The zero-order valence-electron chi connectivity index (χ0n) is 26.1. The lowest BCUT2D eigenvalue weighted by molar-refractivity contribution is -0.140. The number of carbonyl (C=O) groups is 2. The topological polar surface area (TPSA) is 86.8 Å². The van der Waals surface area contributed by atoms with Crippen molar-refractivity contribution < 1.29 is 18.0 Å². The van der Waals surface area contributed by atoms with Crippen LogP contribution in [0.5, 0.6) is 0 Å². The highest BCUT2D eigenvalue weighted by molar-refractivity contribution is 9.10. The first-order valence-electron chi connectivity index (χ1n) is 15.0. The minimum Gasteiger partial charge on any atom is -0.354 e. The van der Waals surface area contributed by atoms with Crippen molar-refractivity contribution in [1.29, 1.82) is 0 Å². The van der Waals surface area contributed by atoms with Crippen LogP contribution in [0.1, 0.15) is 36.1 Å². The van der Waals surface area contributed by atoms with Crippen molar-refractivity contribution in [1.82, 2.24) is 10.2 Å². The highest BCUT2D eigenvalue weighted by Gasteiger charge is 2.34. The van der Waals surface area contributed by atoms with E-state index in [-0.39, 0.29) is 29.7 Å². The lowest BCUT2D eigenvalue weighted by Crippen LogP contribution is -2.53. The molecule has 7 nitrogen and oxygen atoms in total. The average molecular weight is 691 g/mol. The van der Waals surface area contributed by atoms with E-state index in [1.54, 1.807) is 36.4 Å². The number of halogens is 1. The number of hydrogen-bond acceptors (Lipinski definition) is 4. The lowest BCUT2D eigenvalue weighted by atomic mass is 10.0. The van der Waals surface area contributed by atoms with E-state index in [0.29, 0.717) is 12.2 Å². The molecule has 0 radical (unpaired) electrons. The van der Waals surface area contributed by atoms with Crippen molar-refractivity contribution in [2.24, 2.45) is 5.92 Å². The van der Waals surface area contributed by atoms with Crippen LogP contribution >= 0.6 is 15.9 Å². The molecule has 0 spiro atoms. The molecule has 0 bridgehead atoms. The molecule has 4 rings (SSSR count). The van der Waals surface area contributed by atoms with Crippen molar-refractivity contribution in [2.75, 3.05) is 17.4 Å². The second-order valence-electron chi connectivity index (χ2n) is 11.7. The fraction of sp³-hybridized carbons (Fsp3) is 0.278. The van der Waals surface area contributed by atoms with Gasteiger partial charge in [-0.05, 0) is 67.3 Å². The van der Waals surface area contributed by atoms with Crippen molar-refractivity contribution in [2.45, 2.75) is 51.6 Å². The van der Waals surface area contributed by atoms with Crippen molar-refractivity contribution in [3.05, 3.63) is 130 Å². The van der Waals surface area contributed by atoms with Gasteiger partial charge >= 0.3 is 0 Å². The first kappa shape index (κ1) is 33.9. The van der Waals surface area contributed by atoms with Gasteiger partial charge < -0.3 is 10.2 Å². The number of rotatable bonds is 13. The Morgan fingerprint density at radius 1 is 0.800 bits per heavy atom. The number of sulfonamides is 1. The molecule has 1 atom stereocenters. The van der Waals surface area contributed by atoms with Crippen LogP contribution in [0.2, 0.25) is 0 Å². The summed E-state index contributed by atoms with van der Waals surface area (Å²) in [4.78, 5) is 30.0. The second-order valence-corrected chi connectivity index (χ2v) is 14.4. The van der Waals surface area contributed by atoms with Gasteiger partial charge in [-0.2, -0.15) is 0 Å². The third-order valence-electron chi connectivity index (χ3n) is 7.41. The van der Waals surface area contributed by atoms with E-state index in [9.17, 15) is 18.0 Å². The summed E-state index contributed by atoms with van der Waals surface area (Å²) in [5, 5.41) is 3.01. The summed E-state index contributed by atoms with van der Waals surface area (Å²) in [6, 6.07) is 29.8. The van der Waals surface area contributed by atoms with E-state index >= 15 is 0 Å². The van der Waals surface area contributed by atoms with E-state index in [2.05, 4.69) is 21.2 Å². The number of carbonyl (C=O) groups excluding carboxylic acids is 2. The van der Waals surface area contributed by atoms with Crippen LogP contribution in [-0.4, -0.2) is 44.3 Å². The summed E-state index contributed by atoms with van der Waals surface area (Å²) in [7, 11) is -4.14. The molecule has 0 saturated carbocycles. The molecule has 0 aliphatic carbocycles. The maximum absolute atomic E-state index is 14.5. The van der Waals surface area contributed by atoms with E-state index in [1.165, 1.54) is 4.90 Å². The van der Waals surface area contributed by atoms with E-state index < -0.39 is 28.5 Å². The molecular formula is C36H40BrN3O4S. The fourth-order valence-corrected chi connectivity index (χ4v) is 6.75. The number of aryl methyl sites for hydroxylation is 2. The van der Waals surface area contributed by atoms with Gasteiger partial charge in [0.15, 0.2) is 0 Å². The molecule has 9 heteroatoms. The number of anilines is 1. The zero-order chi connectivity index (χ0) is 32.6. The molecule has 1 N–H and O–H groups in total. The summed E-state index contributed by atoms with van der Waals surface area (Å²) < 4.78 is 30.2. The summed E-state index contributed by atoms with van der Waals surface area (Å²) >= 11 is 3.51. The molecule has 0 aromatic heterocycles. The van der Waals surface area contributed by atoms with Gasteiger partial charge in [-0.25, -0.2) is 8.42 Å². The molecule has 4 aromatic rings. The molecule has 0 aliphatic rings. The van der Waals surface area contributed by atoms with E-state index in [4.69, 9.17) is 0 Å². The number of benzene rings is 4. The molecule has 236 valence electrons. The predicted molar refractivity (Wildman–Crippen MR) is 183 cm³/mol. The Kier molecular flexibility index (Phi) is 11.6. The quantitative estimate of drug-likeness (QED) is 0.170. The van der Waals surface area contributed by atoms with Crippen LogP contribution in [0.25, 0.3) is 0 Å². The SMILES string of the molecule is Cc1ccc(N(CC(=O)N(Cc2cccc(Br)c2)[C@@H](Cc2ccccc2)C(=O)NCC(C)C)S(=O)(=O)c2ccc(C)cc2)cc1. The maximum atomic E-state index is 14.5. The van der Waals surface area contributed by atoms with Gasteiger partial charge in [0.25, 0.3) is 10.0 Å². The van der Waals surface area contributed by atoms with Crippen LogP contribution in [0.4, 0.5) is 5.69 Å². The first-order valence-corrected chi connectivity index (χ1v) is 17.2. The Bertz CT molecular complexity index is 1690. The van der Waals surface area contributed by atoms with Crippen molar-refractivity contribution in [3.8, 4) is 0 Å². The molecule has 45 heavy (non-hydrogen) atoms. The first-order chi connectivity index (χ1) is 21.4. The minimum atomic E-state index is -4.14. The van der Waals surface area contributed by atoms with Crippen LogP contribution in [-0.2, 0) is 32.6 Å². The van der Waals surface area contributed by atoms with Crippen LogP contribution < -0.4 is 9.62 Å². The standard InChI is InChI=1S/C36H40BrN3O4S/c1-26(2)23-38-36(42)34(22-29-9-6-5-7-10-29)39(24-30-11-8-12-31(37)21-30)35(41)25-40(32-17-13-27(3)14-18-32)45(43,44)33-19-15-28(4)16-20-33/h5-21,26,34H,22-25H2,1-4H3,(H,38,42)/t34-/m0/s1. The Balaban J connectivity index is 1.79. The number of nitrogens with zero attached hydrogens (tertiary/aromatic N) is 2. The van der Waals surface area contributed by atoms with E-state index in [0.717, 1.165) is 31.0 Å². The number of nitrogens with one attached hydrogen (secondary N) is 1. The molecule has 0 fully saturated rings. The van der Waals surface area contributed by atoms with Crippen molar-refractivity contribution in [3.63, 3.8) is 0 Å². The average Bonchev–Trinajstić information content (AvgIpc) is 3.01. The largest absolute Gasteiger partial charge is 0.354 e. The van der Waals surface area contributed by atoms with Gasteiger partial charge in [-0.1, -0.05) is 108 Å². The molecule has 2 amide bonds. The van der Waals surface area contributed by atoms with Gasteiger partial charge in [-0.15, -0.1) is 0 Å². The van der Waals surface area contributed by atoms with Gasteiger partial charge in [-0.3, -0.25) is 13.9 Å². The van der Waals surface area contributed by atoms with Gasteiger partial charge in [0.05, 0.1) is 10.6 Å². The van der Waals surface area contributed by atoms with Crippen molar-refractivity contribution >= 4 is 43.5 Å². The second kappa shape index (κ2) is 15.4. The summed E-state index contributed by atoms with van der Waals surface area (Å²) in [6.45, 7) is 7.87. The van der Waals surface area contributed by atoms with E-state index in [1.807, 2.05) is 94.4 Å².